The molecule has 0 fully saturated rings. The monoisotopic (exact) mass is 248 g/mol. The fourth-order valence-corrected chi connectivity index (χ4v) is 1.32. The largest absolute Gasteiger partial charge is 0.486 e. The van der Waals surface area contributed by atoms with Crippen LogP contribution in [0, 0.1) is 0 Å². The first kappa shape index (κ1) is 14.0. The summed E-state index contributed by atoms with van der Waals surface area (Å²) >= 11 is 0. The summed E-state index contributed by atoms with van der Waals surface area (Å²) < 4.78 is 10.2. The number of Topliss-reactive ketones (excluding diaryl/α,β-unsaturated/α-hetero) is 1. The summed E-state index contributed by atoms with van der Waals surface area (Å²) in [4.78, 5) is 21.7. The first-order chi connectivity index (χ1) is 8.65. The van der Waals surface area contributed by atoms with E-state index in [4.69, 9.17) is 9.15 Å². The van der Waals surface area contributed by atoms with Gasteiger partial charge in [0.05, 0.1) is 0 Å². The number of carbonyl (C=O) groups is 1. The highest BCUT2D eigenvalue weighted by molar-refractivity contribution is 5.79. The lowest BCUT2D eigenvalue weighted by atomic mass is 10.2. The van der Waals surface area contributed by atoms with Gasteiger partial charge < -0.3 is 9.15 Å². The Morgan fingerprint density at radius 1 is 1.22 bits per heavy atom. The van der Waals surface area contributed by atoms with Crippen LogP contribution in [0.5, 0.6) is 5.75 Å². The zero-order valence-electron chi connectivity index (χ0n) is 10.7. The lowest BCUT2D eigenvalue weighted by Crippen LogP contribution is -2.06. The molecule has 4 nitrogen and oxygen atoms in total. The molecule has 0 N–H and O–H groups in total. The molecule has 0 saturated carbocycles. The second-order valence-electron chi connectivity index (χ2n) is 3.44. The summed E-state index contributed by atoms with van der Waals surface area (Å²) in [5.41, 5.74) is 0.118. The van der Waals surface area contributed by atoms with E-state index in [-0.39, 0.29) is 18.0 Å². The Hall–Kier alpha value is -2.10. The van der Waals surface area contributed by atoms with E-state index >= 15 is 0 Å². The number of benzene rings is 1. The average Bonchev–Trinajstić information content (AvgIpc) is 2.38. The smallest absolute Gasteiger partial charge is 0.336 e. The molecule has 0 aliphatic carbocycles. The quantitative estimate of drug-likeness (QED) is 0.784. The molecule has 0 atom stereocenters. The van der Waals surface area contributed by atoms with Gasteiger partial charge in [-0.3, -0.25) is 4.79 Å². The summed E-state index contributed by atoms with van der Waals surface area (Å²) in [6, 6.07) is 8.03. The van der Waals surface area contributed by atoms with Gasteiger partial charge in [0.15, 0.2) is 5.78 Å². The van der Waals surface area contributed by atoms with Crippen LogP contribution in [0.3, 0.4) is 0 Å². The van der Waals surface area contributed by atoms with Crippen LogP contribution >= 0.6 is 0 Å². The van der Waals surface area contributed by atoms with Gasteiger partial charge in [-0.25, -0.2) is 4.79 Å². The average molecular weight is 248 g/mol. The van der Waals surface area contributed by atoms with E-state index in [0.29, 0.717) is 11.3 Å². The summed E-state index contributed by atoms with van der Waals surface area (Å²) in [5.74, 6) is 0.538. The molecular weight excluding hydrogens is 232 g/mol. The maximum Gasteiger partial charge on any atom is 0.336 e. The number of fused-ring (bicyclic) bond motifs is 1. The number of ether oxygens (including phenoxy) is 1. The predicted octanol–water partition coefficient (Wildman–Crippen LogP) is 2.79. The number of ketones is 1. The molecule has 0 spiro atoms. The molecule has 0 bridgehead atoms. The summed E-state index contributed by atoms with van der Waals surface area (Å²) in [7, 11) is 0. The van der Waals surface area contributed by atoms with Crippen LogP contribution < -0.4 is 10.4 Å². The van der Waals surface area contributed by atoms with Gasteiger partial charge in [-0.15, -0.1) is 0 Å². The van der Waals surface area contributed by atoms with Crippen molar-refractivity contribution >= 4 is 16.8 Å². The summed E-state index contributed by atoms with van der Waals surface area (Å²) in [6.45, 7) is 5.50. The second kappa shape index (κ2) is 6.59. The molecule has 18 heavy (non-hydrogen) atoms. The van der Waals surface area contributed by atoms with E-state index < -0.39 is 0 Å². The third-order valence-electron chi connectivity index (χ3n) is 2.03. The maximum atomic E-state index is 10.9. The zero-order chi connectivity index (χ0) is 13.5. The van der Waals surface area contributed by atoms with Gasteiger partial charge in [0.25, 0.3) is 0 Å². The Morgan fingerprint density at radius 2 is 1.94 bits per heavy atom. The highest BCUT2D eigenvalue weighted by Crippen LogP contribution is 2.19. The third kappa shape index (κ3) is 3.73. The zero-order valence-corrected chi connectivity index (χ0v) is 10.7. The lowest BCUT2D eigenvalue weighted by Gasteiger charge is -2.04. The van der Waals surface area contributed by atoms with E-state index in [1.165, 1.54) is 13.0 Å². The molecule has 1 aromatic carbocycles. The molecule has 0 amide bonds. The van der Waals surface area contributed by atoms with E-state index in [0.717, 1.165) is 5.39 Å². The van der Waals surface area contributed by atoms with E-state index in [1.54, 1.807) is 24.3 Å². The van der Waals surface area contributed by atoms with E-state index in [2.05, 4.69) is 0 Å². The third-order valence-corrected chi connectivity index (χ3v) is 2.03. The van der Waals surface area contributed by atoms with Crippen LogP contribution in [0.15, 0.2) is 39.5 Å². The summed E-state index contributed by atoms with van der Waals surface area (Å²) in [6.07, 6.45) is 0. The van der Waals surface area contributed by atoms with Crippen LogP contribution in [0.25, 0.3) is 11.0 Å². The van der Waals surface area contributed by atoms with E-state index in [9.17, 15) is 9.59 Å². The van der Waals surface area contributed by atoms with Gasteiger partial charge in [0, 0.05) is 11.5 Å². The molecule has 4 heteroatoms. The number of hydrogen-bond donors (Lipinski definition) is 0. The van der Waals surface area contributed by atoms with Gasteiger partial charge in [0.2, 0.25) is 0 Å². The molecular formula is C14H16O4. The Labute approximate surface area is 105 Å². The van der Waals surface area contributed by atoms with Gasteiger partial charge >= 0.3 is 5.63 Å². The van der Waals surface area contributed by atoms with Crippen LogP contribution in [-0.2, 0) is 4.79 Å². The molecule has 0 saturated heterocycles. The van der Waals surface area contributed by atoms with Crippen molar-refractivity contribution < 1.29 is 13.9 Å². The normalized spacial score (nSPS) is 9.50. The number of hydrogen-bond acceptors (Lipinski definition) is 4. The fraction of sp³-hybridized carbons (Fsp3) is 0.286. The van der Waals surface area contributed by atoms with Crippen molar-refractivity contribution in [2.45, 2.75) is 20.8 Å². The Balaban J connectivity index is 0.000000771. The Bertz CT molecular complexity index is 584. The minimum Gasteiger partial charge on any atom is -0.486 e. The lowest BCUT2D eigenvalue weighted by molar-refractivity contribution is -0.118. The molecule has 0 radical (unpaired) electrons. The van der Waals surface area contributed by atoms with Gasteiger partial charge in [-0.05, 0) is 31.2 Å². The number of carbonyl (C=O) groups excluding carboxylic acids is 1. The van der Waals surface area contributed by atoms with Crippen LogP contribution in [0.4, 0.5) is 0 Å². The molecule has 2 rings (SSSR count). The van der Waals surface area contributed by atoms with E-state index in [1.807, 2.05) is 13.8 Å². The Kier molecular flexibility index (Phi) is 5.11. The topological polar surface area (TPSA) is 56.5 Å². The summed E-state index contributed by atoms with van der Waals surface area (Å²) in [5, 5.41) is 0.764. The predicted molar refractivity (Wildman–Crippen MR) is 70.0 cm³/mol. The SMILES string of the molecule is CC.CC(=O)COc1ccc2oc(=O)ccc2c1. The highest BCUT2D eigenvalue weighted by Gasteiger charge is 2.01. The molecule has 1 aromatic heterocycles. The van der Waals surface area contributed by atoms with Crippen molar-refractivity contribution in [3.8, 4) is 5.75 Å². The van der Waals surface area contributed by atoms with Crippen molar-refractivity contribution in [1.29, 1.82) is 0 Å². The first-order valence-electron chi connectivity index (χ1n) is 5.81. The van der Waals surface area contributed by atoms with Crippen molar-refractivity contribution in [2.24, 2.45) is 0 Å². The van der Waals surface area contributed by atoms with Crippen molar-refractivity contribution in [1.82, 2.24) is 0 Å². The standard InChI is InChI=1S/C12H10O4.C2H6/c1-8(13)7-15-10-3-4-11-9(6-10)2-5-12(14)16-11;1-2/h2-6H,7H2,1H3;1-2H3. The molecule has 0 unspecified atom stereocenters. The van der Waals surface area contributed by atoms with Crippen molar-refractivity contribution in [2.75, 3.05) is 6.61 Å². The fourth-order valence-electron chi connectivity index (χ4n) is 1.32. The minimum atomic E-state index is -0.384. The molecule has 0 aliphatic heterocycles. The second-order valence-corrected chi connectivity index (χ2v) is 3.44. The molecule has 1 heterocycles. The highest BCUT2D eigenvalue weighted by atomic mass is 16.5. The first-order valence-corrected chi connectivity index (χ1v) is 5.81. The van der Waals surface area contributed by atoms with Crippen molar-refractivity contribution in [3.63, 3.8) is 0 Å². The van der Waals surface area contributed by atoms with Gasteiger partial charge in [-0.2, -0.15) is 0 Å². The van der Waals surface area contributed by atoms with Gasteiger partial charge in [-0.1, -0.05) is 13.8 Å². The maximum absolute atomic E-state index is 10.9. The van der Waals surface area contributed by atoms with Gasteiger partial charge in [0.1, 0.15) is 17.9 Å². The Morgan fingerprint density at radius 3 is 2.61 bits per heavy atom. The van der Waals surface area contributed by atoms with Crippen LogP contribution in [0.2, 0.25) is 0 Å². The minimum absolute atomic E-state index is 0.0420. The molecule has 0 aliphatic rings. The van der Waals surface area contributed by atoms with Crippen molar-refractivity contribution in [3.05, 3.63) is 40.8 Å². The van der Waals surface area contributed by atoms with Crippen LogP contribution in [0.1, 0.15) is 20.8 Å². The molecule has 2 aromatic rings. The van der Waals surface area contributed by atoms with Crippen LogP contribution in [-0.4, -0.2) is 12.4 Å². The number of rotatable bonds is 3. The molecule has 96 valence electrons.